The van der Waals surface area contributed by atoms with Gasteiger partial charge in [0.1, 0.15) is 5.75 Å². The summed E-state index contributed by atoms with van der Waals surface area (Å²) >= 11 is 0. The summed E-state index contributed by atoms with van der Waals surface area (Å²) in [7, 11) is 1.62. The van der Waals surface area contributed by atoms with Crippen LogP contribution in [0, 0.1) is 5.92 Å². The highest BCUT2D eigenvalue weighted by Gasteiger charge is 2.36. The molecule has 3 rings (SSSR count). The lowest BCUT2D eigenvalue weighted by atomic mass is 9.85. The molecule has 1 aliphatic rings. The van der Waals surface area contributed by atoms with Crippen molar-refractivity contribution >= 4 is 17.5 Å². The van der Waals surface area contributed by atoms with E-state index >= 15 is 0 Å². The Morgan fingerprint density at radius 2 is 1.82 bits per heavy atom. The van der Waals surface area contributed by atoms with Gasteiger partial charge in [-0.1, -0.05) is 51.1 Å². The molecular weight excluding hydrogens is 352 g/mol. The molecule has 2 aromatic carbocycles. The van der Waals surface area contributed by atoms with Gasteiger partial charge in [-0.05, 0) is 34.7 Å². The van der Waals surface area contributed by atoms with Gasteiger partial charge in [-0.15, -0.1) is 0 Å². The van der Waals surface area contributed by atoms with Crippen LogP contribution in [0.25, 0.3) is 0 Å². The van der Waals surface area contributed by atoms with Gasteiger partial charge in [-0.3, -0.25) is 9.59 Å². The van der Waals surface area contributed by atoms with Crippen molar-refractivity contribution in [3.05, 3.63) is 59.7 Å². The van der Waals surface area contributed by atoms with E-state index in [2.05, 4.69) is 32.2 Å². The molecule has 1 saturated heterocycles. The van der Waals surface area contributed by atoms with Crippen LogP contribution >= 0.6 is 0 Å². The van der Waals surface area contributed by atoms with E-state index in [4.69, 9.17) is 4.74 Å². The maximum absolute atomic E-state index is 12.6. The maximum Gasteiger partial charge on any atom is 0.227 e. The molecule has 1 atom stereocenters. The van der Waals surface area contributed by atoms with Crippen molar-refractivity contribution in [3.63, 3.8) is 0 Å². The summed E-state index contributed by atoms with van der Waals surface area (Å²) < 4.78 is 5.14. The molecule has 5 nitrogen and oxygen atoms in total. The number of rotatable bonds is 5. The van der Waals surface area contributed by atoms with Crippen molar-refractivity contribution < 1.29 is 14.3 Å². The fourth-order valence-electron chi connectivity index (χ4n) is 3.54. The standard InChI is InChI=1S/C23H28N2O3/c1-23(2,3)19-7-5-6-8-20(19)25-15-17(13-21(25)26)22(27)24-14-16-9-11-18(28-4)12-10-16/h5-12,17H,13-15H2,1-4H3,(H,24,27). The summed E-state index contributed by atoms with van der Waals surface area (Å²) in [5.74, 6) is 0.365. The summed E-state index contributed by atoms with van der Waals surface area (Å²) in [5, 5.41) is 2.96. The molecule has 2 amide bonds. The molecule has 5 heteroatoms. The number of hydrogen-bond acceptors (Lipinski definition) is 3. The fourth-order valence-corrected chi connectivity index (χ4v) is 3.54. The number of carbonyl (C=O) groups excluding carboxylic acids is 2. The van der Waals surface area contributed by atoms with E-state index in [1.54, 1.807) is 12.0 Å². The average Bonchev–Trinajstić information content (AvgIpc) is 3.07. The first-order valence-corrected chi connectivity index (χ1v) is 9.60. The van der Waals surface area contributed by atoms with Crippen LogP contribution in [-0.4, -0.2) is 25.5 Å². The third kappa shape index (κ3) is 4.35. The molecule has 28 heavy (non-hydrogen) atoms. The van der Waals surface area contributed by atoms with E-state index in [1.807, 2.05) is 42.5 Å². The van der Waals surface area contributed by atoms with Crippen LogP contribution in [0.4, 0.5) is 5.69 Å². The number of carbonyl (C=O) groups is 2. The highest BCUT2D eigenvalue weighted by atomic mass is 16.5. The lowest BCUT2D eigenvalue weighted by Gasteiger charge is -2.27. The van der Waals surface area contributed by atoms with Gasteiger partial charge >= 0.3 is 0 Å². The van der Waals surface area contributed by atoms with Gasteiger partial charge in [-0.25, -0.2) is 0 Å². The molecule has 1 fully saturated rings. The molecule has 0 bridgehead atoms. The Kier molecular flexibility index (Phi) is 5.73. The van der Waals surface area contributed by atoms with Crippen LogP contribution in [0.15, 0.2) is 48.5 Å². The first-order chi connectivity index (χ1) is 13.3. The molecule has 1 heterocycles. The number of anilines is 1. The van der Waals surface area contributed by atoms with Crippen LogP contribution < -0.4 is 15.0 Å². The average molecular weight is 380 g/mol. The predicted octanol–water partition coefficient (Wildman–Crippen LogP) is 3.66. The van der Waals surface area contributed by atoms with Gasteiger partial charge in [0, 0.05) is 25.2 Å². The summed E-state index contributed by atoms with van der Waals surface area (Å²) in [6.07, 6.45) is 0.243. The third-order valence-electron chi connectivity index (χ3n) is 5.12. The molecule has 1 unspecified atom stereocenters. The van der Waals surface area contributed by atoms with Crippen LogP contribution in [-0.2, 0) is 21.5 Å². The Balaban J connectivity index is 1.66. The minimum absolute atomic E-state index is 0.00120. The second-order valence-electron chi connectivity index (χ2n) is 8.24. The second-order valence-corrected chi connectivity index (χ2v) is 8.24. The lowest BCUT2D eigenvalue weighted by molar-refractivity contribution is -0.126. The Morgan fingerprint density at radius 1 is 1.14 bits per heavy atom. The molecule has 0 radical (unpaired) electrons. The zero-order valence-corrected chi connectivity index (χ0v) is 17.0. The molecule has 148 valence electrons. The summed E-state index contributed by atoms with van der Waals surface area (Å²) in [4.78, 5) is 27.0. The van der Waals surface area contributed by atoms with E-state index in [1.165, 1.54) is 0 Å². The fraction of sp³-hybridized carbons (Fsp3) is 0.391. The number of hydrogen-bond donors (Lipinski definition) is 1. The van der Waals surface area contributed by atoms with Gasteiger partial charge in [0.25, 0.3) is 0 Å². The second kappa shape index (κ2) is 8.05. The molecule has 0 aromatic heterocycles. The maximum atomic E-state index is 12.6. The predicted molar refractivity (Wildman–Crippen MR) is 110 cm³/mol. The molecule has 1 N–H and O–H groups in total. The molecule has 0 aliphatic carbocycles. The highest BCUT2D eigenvalue weighted by molar-refractivity contribution is 6.01. The van der Waals surface area contributed by atoms with Gasteiger partial charge in [0.15, 0.2) is 0 Å². The lowest BCUT2D eigenvalue weighted by Crippen LogP contribution is -2.33. The Labute approximate surface area is 166 Å². The minimum atomic E-state index is -0.334. The topological polar surface area (TPSA) is 58.6 Å². The highest BCUT2D eigenvalue weighted by Crippen LogP contribution is 2.35. The molecule has 0 spiro atoms. The third-order valence-corrected chi connectivity index (χ3v) is 5.12. The van der Waals surface area contributed by atoms with Gasteiger partial charge < -0.3 is 15.0 Å². The molecule has 0 saturated carbocycles. The largest absolute Gasteiger partial charge is 0.497 e. The van der Waals surface area contributed by atoms with Crippen LogP contribution in [0.1, 0.15) is 38.3 Å². The number of nitrogens with one attached hydrogen (secondary N) is 1. The number of methoxy groups -OCH3 is 1. The number of amides is 2. The Morgan fingerprint density at radius 3 is 2.46 bits per heavy atom. The van der Waals surface area contributed by atoms with E-state index in [0.29, 0.717) is 13.1 Å². The van der Waals surface area contributed by atoms with Crippen LogP contribution in [0.2, 0.25) is 0 Å². The molecule has 1 aliphatic heterocycles. The first kappa shape index (κ1) is 19.9. The molecular formula is C23H28N2O3. The zero-order valence-electron chi connectivity index (χ0n) is 17.0. The number of benzene rings is 2. The zero-order chi connectivity index (χ0) is 20.3. The van der Waals surface area contributed by atoms with Crippen molar-refractivity contribution in [2.45, 2.75) is 39.2 Å². The van der Waals surface area contributed by atoms with E-state index < -0.39 is 0 Å². The van der Waals surface area contributed by atoms with Crippen molar-refractivity contribution in [3.8, 4) is 5.75 Å². The van der Waals surface area contributed by atoms with E-state index in [-0.39, 0.29) is 29.6 Å². The normalized spacial score (nSPS) is 16.9. The smallest absolute Gasteiger partial charge is 0.227 e. The number of nitrogens with zero attached hydrogens (tertiary/aromatic N) is 1. The number of ether oxygens (including phenoxy) is 1. The Bertz CT molecular complexity index is 853. The Hall–Kier alpha value is -2.82. The SMILES string of the molecule is COc1ccc(CNC(=O)C2CC(=O)N(c3ccccc3C(C)(C)C)C2)cc1. The van der Waals surface area contributed by atoms with E-state index in [0.717, 1.165) is 22.6 Å². The first-order valence-electron chi connectivity index (χ1n) is 9.60. The monoisotopic (exact) mass is 380 g/mol. The summed E-state index contributed by atoms with van der Waals surface area (Å²) in [6.45, 7) is 7.24. The van der Waals surface area contributed by atoms with Crippen LogP contribution in [0.3, 0.4) is 0 Å². The van der Waals surface area contributed by atoms with Crippen molar-refractivity contribution in [1.82, 2.24) is 5.32 Å². The summed E-state index contributed by atoms with van der Waals surface area (Å²) in [5.41, 5.74) is 2.94. The van der Waals surface area contributed by atoms with E-state index in [9.17, 15) is 9.59 Å². The molecule has 2 aromatic rings. The van der Waals surface area contributed by atoms with Crippen molar-refractivity contribution in [2.24, 2.45) is 5.92 Å². The minimum Gasteiger partial charge on any atom is -0.497 e. The van der Waals surface area contributed by atoms with Gasteiger partial charge in [0.2, 0.25) is 11.8 Å². The van der Waals surface area contributed by atoms with Crippen molar-refractivity contribution in [1.29, 1.82) is 0 Å². The van der Waals surface area contributed by atoms with Gasteiger partial charge in [0.05, 0.1) is 13.0 Å². The quantitative estimate of drug-likeness (QED) is 0.861. The van der Waals surface area contributed by atoms with Crippen LogP contribution in [0.5, 0.6) is 5.75 Å². The number of para-hydroxylation sites is 1. The van der Waals surface area contributed by atoms with Crippen molar-refractivity contribution in [2.75, 3.05) is 18.6 Å². The summed E-state index contributed by atoms with van der Waals surface area (Å²) in [6, 6.07) is 15.5. The van der Waals surface area contributed by atoms with Gasteiger partial charge in [-0.2, -0.15) is 0 Å².